The lowest BCUT2D eigenvalue weighted by atomic mass is 10.1. The third kappa shape index (κ3) is 5.35. The number of hydrogen-bond acceptors (Lipinski definition) is 4. The fraction of sp³-hybridized carbons (Fsp3) is 0.211. The zero-order valence-electron chi connectivity index (χ0n) is 14.7. The lowest BCUT2D eigenvalue weighted by molar-refractivity contribution is -0.137. The Balaban J connectivity index is 1.65. The van der Waals surface area contributed by atoms with E-state index >= 15 is 0 Å². The number of carbonyl (C=O) groups excluding carboxylic acids is 1. The van der Waals surface area contributed by atoms with E-state index in [0.29, 0.717) is 12.1 Å². The molecule has 0 atom stereocenters. The Morgan fingerprint density at radius 2 is 1.93 bits per heavy atom. The van der Waals surface area contributed by atoms with Gasteiger partial charge in [0.25, 0.3) is 0 Å². The molecule has 0 bridgehead atoms. The number of benzene rings is 2. The summed E-state index contributed by atoms with van der Waals surface area (Å²) in [5, 5.41) is 6.50. The van der Waals surface area contributed by atoms with E-state index < -0.39 is 11.7 Å². The van der Waals surface area contributed by atoms with Gasteiger partial charge >= 0.3 is 6.18 Å². The zero-order valence-corrected chi connectivity index (χ0v) is 15.5. The highest BCUT2D eigenvalue weighted by atomic mass is 32.2. The van der Waals surface area contributed by atoms with Crippen molar-refractivity contribution in [3.05, 3.63) is 66.7 Å². The van der Waals surface area contributed by atoms with Crippen LogP contribution >= 0.6 is 11.8 Å². The van der Waals surface area contributed by atoms with Crippen molar-refractivity contribution in [2.75, 3.05) is 11.1 Å². The van der Waals surface area contributed by atoms with Crippen molar-refractivity contribution in [3.63, 3.8) is 0 Å². The summed E-state index contributed by atoms with van der Waals surface area (Å²) in [7, 11) is 0. The van der Waals surface area contributed by atoms with Gasteiger partial charge in [0.05, 0.1) is 16.9 Å². The zero-order chi connectivity index (χ0) is 20.0. The number of anilines is 1. The van der Waals surface area contributed by atoms with E-state index in [4.69, 9.17) is 0 Å². The Morgan fingerprint density at radius 1 is 1.14 bits per heavy atom. The number of carbonyl (C=O) groups is 1. The molecule has 3 rings (SSSR count). The molecule has 5 nitrogen and oxygen atoms in total. The second-order valence-corrected chi connectivity index (χ2v) is 7.05. The molecule has 2 aromatic carbocycles. The molecule has 0 spiro atoms. The third-order valence-corrected chi connectivity index (χ3v) is 4.92. The maximum Gasteiger partial charge on any atom is 0.416 e. The van der Waals surface area contributed by atoms with E-state index in [0.717, 1.165) is 22.8 Å². The SMILES string of the molecule is O=C(CCCSc1ccccc1)Nc1cc(C(F)(F)F)ccc1-n1cncn1. The summed E-state index contributed by atoms with van der Waals surface area (Å²) in [5.41, 5.74) is -0.482. The minimum Gasteiger partial charge on any atom is -0.324 e. The van der Waals surface area contributed by atoms with Crippen LogP contribution in [0.2, 0.25) is 0 Å². The highest BCUT2D eigenvalue weighted by Gasteiger charge is 2.31. The fourth-order valence-electron chi connectivity index (χ4n) is 2.50. The molecule has 0 aliphatic carbocycles. The molecule has 3 aromatic rings. The molecule has 9 heteroatoms. The normalized spacial score (nSPS) is 11.4. The van der Waals surface area contributed by atoms with Gasteiger partial charge in [0, 0.05) is 11.3 Å². The molecule has 0 aliphatic rings. The number of nitrogens with one attached hydrogen (secondary N) is 1. The number of amides is 1. The van der Waals surface area contributed by atoms with Crippen LogP contribution in [0.4, 0.5) is 18.9 Å². The number of thioether (sulfide) groups is 1. The highest BCUT2D eigenvalue weighted by molar-refractivity contribution is 7.99. The minimum absolute atomic E-state index is 0.0426. The van der Waals surface area contributed by atoms with Gasteiger partial charge in [-0.1, -0.05) is 18.2 Å². The molecular formula is C19H17F3N4OS. The fourth-order valence-corrected chi connectivity index (χ4v) is 3.37. The second-order valence-electron chi connectivity index (χ2n) is 5.88. The molecule has 1 aromatic heterocycles. The number of alkyl halides is 3. The van der Waals surface area contributed by atoms with Crippen LogP contribution in [0, 0.1) is 0 Å². The molecule has 0 unspecified atom stereocenters. The Kier molecular flexibility index (Phi) is 6.35. The van der Waals surface area contributed by atoms with Crippen molar-refractivity contribution in [3.8, 4) is 5.69 Å². The van der Waals surface area contributed by atoms with Crippen LogP contribution in [-0.2, 0) is 11.0 Å². The van der Waals surface area contributed by atoms with Gasteiger partial charge in [-0.2, -0.15) is 18.3 Å². The molecule has 1 N–H and O–H groups in total. The molecule has 146 valence electrons. The number of aromatic nitrogens is 3. The molecule has 0 radical (unpaired) electrons. The molecule has 1 heterocycles. The van der Waals surface area contributed by atoms with Gasteiger partial charge in [-0.3, -0.25) is 4.79 Å². The van der Waals surface area contributed by atoms with Crippen molar-refractivity contribution in [2.45, 2.75) is 23.9 Å². The molecule has 0 fully saturated rings. The monoisotopic (exact) mass is 406 g/mol. The van der Waals surface area contributed by atoms with Gasteiger partial charge in [-0.05, 0) is 42.5 Å². The van der Waals surface area contributed by atoms with Crippen LogP contribution in [0.1, 0.15) is 18.4 Å². The van der Waals surface area contributed by atoms with Crippen molar-refractivity contribution in [1.29, 1.82) is 0 Å². The van der Waals surface area contributed by atoms with Crippen LogP contribution in [0.25, 0.3) is 5.69 Å². The largest absolute Gasteiger partial charge is 0.416 e. The van der Waals surface area contributed by atoms with Crippen molar-refractivity contribution in [1.82, 2.24) is 14.8 Å². The van der Waals surface area contributed by atoms with Crippen LogP contribution in [-0.4, -0.2) is 26.4 Å². The Bertz CT molecular complexity index is 915. The molecule has 0 saturated heterocycles. The summed E-state index contributed by atoms with van der Waals surface area (Å²) < 4.78 is 40.4. The van der Waals surface area contributed by atoms with E-state index in [2.05, 4.69) is 15.4 Å². The lowest BCUT2D eigenvalue weighted by Crippen LogP contribution is -2.15. The van der Waals surface area contributed by atoms with Crippen molar-refractivity contribution in [2.24, 2.45) is 0 Å². The van der Waals surface area contributed by atoms with Gasteiger partial charge in [0.1, 0.15) is 12.7 Å². The first-order chi connectivity index (χ1) is 13.4. The summed E-state index contributed by atoms with van der Waals surface area (Å²) in [4.78, 5) is 17.2. The molecular weight excluding hydrogens is 389 g/mol. The van der Waals surface area contributed by atoms with Crippen molar-refractivity contribution >= 4 is 23.4 Å². The molecule has 0 saturated carbocycles. The number of hydrogen-bond donors (Lipinski definition) is 1. The first kappa shape index (κ1) is 19.9. The van der Waals surface area contributed by atoms with Gasteiger partial charge in [-0.15, -0.1) is 11.8 Å². The second kappa shape index (κ2) is 8.92. The quantitative estimate of drug-likeness (QED) is 0.452. The summed E-state index contributed by atoms with van der Waals surface area (Å²) in [6.45, 7) is 0. The lowest BCUT2D eigenvalue weighted by Gasteiger charge is -2.14. The summed E-state index contributed by atoms with van der Waals surface area (Å²) in [6, 6.07) is 12.9. The van der Waals surface area contributed by atoms with Gasteiger partial charge in [0.2, 0.25) is 5.91 Å². The van der Waals surface area contributed by atoms with Crippen LogP contribution < -0.4 is 5.32 Å². The average molecular weight is 406 g/mol. The third-order valence-electron chi connectivity index (χ3n) is 3.82. The van der Waals surface area contributed by atoms with Crippen LogP contribution in [0.15, 0.2) is 66.1 Å². The van der Waals surface area contributed by atoms with Crippen LogP contribution in [0.5, 0.6) is 0 Å². The highest BCUT2D eigenvalue weighted by Crippen LogP contribution is 2.33. The standard InChI is InChI=1S/C19H17F3N4OS/c20-19(21,22)14-8-9-17(26-13-23-12-24-26)16(11-14)25-18(27)7-4-10-28-15-5-2-1-3-6-15/h1-3,5-6,8-9,11-13H,4,7,10H2,(H,25,27). The maximum absolute atomic E-state index is 13.0. The Morgan fingerprint density at radius 3 is 2.61 bits per heavy atom. The van der Waals surface area contributed by atoms with Gasteiger partial charge in [0.15, 0.2) is 0 Å². The van der Waals surface area contributed by atoms with Gasteiger partial charge in [-0.25, -0.2) is 9.67 Å². The number of nitrogens with zero attached hydrogens (tertiary/aromatic N) is 3. The predicted molar refractivity (Wildman–Crippen MR) is 101 cm³/mol. The molecule has 0 aliphatic heterocycles. The first-order valence-electron chi connectivity index (χ1n) is 8.47. The van der Waals surface area contributed by atoms with E-state index in [-0.39, 0.29) is 18.0 Å². The summed E-state index contributed by atoms with van der Waals surface area (Å²) in [5.74, 6) is 0.380. The van der Waals surface area contributed by atoms with E-state index in [1.807, 2.05) is 30.3 Å². The molecule has 28 heavy (non-hydrogen) atoms. The number of rotatable bonds is 7. The smallest absolute Gasteiger partial charge is 0.324 e. The van der Waals surface area contributed by atoms with E-state index in [1.165, 1.54) is 23.4 Å². The van der Waals surface area contributed by atoms with Crippen molar-refractivity contribution < 1.29 is 18.0 Å². The number of halogens is 3. The van der Waals surface area contributed by atoms with E-state index in [1.54, 1.807) is 11.8 Å². The predicted octanol–water partition coefficient (Wildman–Crippen LogP) is 4.80. The Hall–Kier alpha value is -2.81. The first-order valence-corrected chi connectivity index (χ1v) is 9.46. The Labute approximate surface area is 164 Å². The summed E-state index contributed by atoms with van der Waals surface area (Å²) in [6.07, 6.45) is -1.08. The average Bonchev–Trinajstić information content (AvgIpc) is 3.20. The van der Waals surface area contributed by atoms with E-state index in [9.17, 15) is 18.0 Å². The summed E-state index contributed by atoms with van der Waals surface area (Å²) >= 11 is 1.62. The maximum atomic E-state index is 13.0. The van der Waals surface area contributed by atoms with Gasteiger partial charge < -0.3 is 5.32 Å². The minimum atomic E-state index is -4.51. The van der Waals surface area contributed by atoms with Crippen LogP contribution in [0.3, 0.4) is 0 Å². The molecule has 1 amide bonds. The topological polar surface area (TPSA) is 59.8 Å².